The van der Waals surface area contributed by atoms with Gasteiger partial charge in [-0.3, -0.25) is 0 Å². The maximum atomic E-state index is 12.3. The minimum Gasteiger partial charge on any atom is -0.210 e. The Kier molecular flexibility index (Phi) is 4.69. The highest BCUT2D eigenvalue weighted by molar-refractivity contribution is 9.10. The number of nitrogens with one attached hydrogen (secondary N) is 1. The summed E-state index contributed by atoms with van der Waals surface area (Å²) in [6.45, 7) is 4.40. The van der Waals surface area contributed by atoms with Crippen molar-refractivity contribution in [3.8, 4) is 0 Å². The zero-order chi connectivity index (χ0) is 14.8. The highest BCUT2D eigenvalue weighted by Crippen LogP contribution is 2.28. The lowest BCUT2D eigenvalue weighted by molar-refractivity contribution is 0.502. The molecule has 0 bridgehead atoms. The largest absolute Gasteiger partial charge is 0.251 e. The minimum absolute atomic E-state index is 0.266. The van der Waals surface area contributed by atoms with E-state index in [-0.39, 0.29) is 5.41 Å². The summed E-state index contributed by atoms with van der Waals surface area (Å²) in [5, 5.41) is 1.75. The van der Waals surface area contributed by atoms with E-state index in [9.17, 15) is 8.42 Å². The molecule has 1 aromatic carbocycles. The second-order valence-electron chi connectivity index (χ2n) is 5.13. The molecule has 0 atom stereocenters. The van der Waals surface area contributed by atoms with Crippen LogP contribution in [0.2, 0.25) is 0 Å². The van der Waals surface area contributed by atoms with Crippen molar-refractivity contribution in [3.05, 3.63) is 51.8 Å². The Morgan fingerprint density at radius 3 is 2.40 bits per heavy atom. The van der Waals surface area contributed by atoms with Crippen LogP contribution in [0.1, 0.15) is 19.4 Å². The average molecular weight is 374 g/mol. The van der Waals surface area contributed by atoms with Crippen LogP contribution in [-0.4, -0.2) is 15.0 Å². The highest BCUT2D eigenvalue weighted by Gasteiger charge is 2.25. The lowest BCUT2D eigenvalue weighted by atomic mass is 9.85. The summed E-state index contributed by atoms with van der Waals surface area (Å²) < 4.78 is 28.1. The molecule has 2 aromatic rings. The van der Waals surface area contributed by atoms with Crippen molar-refractivity contribution in [3.63, 3.8) is 0 Å². The molecule has 0 saturated carbocycles. The van der Waals surface area contributed by atoms with Gasteiger partial charge < -0.3 is 0 Å². The first-order valence-electron chi connectivity index (χ1n) is 6.11. The Morgan fingerprint density at radius 2 is 1.85 bits per heavy atom. The maximum absolute atomic E-state index is 12.3. The van der Waals surface area contributed by atoms with Gasteiger partial charge in [-0.2, -0.15) is 0 Å². The van der Waals surface area contributed by atoms with Crippen LogP contribution in [0.25, 0.3) is 0 Å². The first kappa shape index (κ1) is 15.7. The summed E-state index contributed by atoms with van der Waals surface area (Å²) in [4.78, 5) is 0. The molecule has 3 nitrogen and oxygen atoms in total. The summed E-state index contributed by atoms with van der Waals surface area (Å²) in [7, 11) is -3.47. The summed E-state index contributed by atoms with van der Waals surface area (Å²) in [6, 6.07) is 11.6. The van der Waals surface area contributed by atoms with Crippen molar-refractivity contribution < 1.29 is 8.42 Å². The molecule has 0 saturated heterocycles. The predicted molar refractivity (Wildman–Crippen MR) is 86.7 cm³/mol. The molecule has 0 aliphatic carbocycles. The molecular formula is C14H16BrNO2S2. The van der Waals surface area contributed by atoms with Gasteiger partial charge in [-0.15, -0.1) is 11.3 Å². The zero-order valence-electron chi connectivity index (χ0n) is 11.3. The van der Waals surface area contributed by atoms with Crippen LogP contribution in [0.4, 0.5) is 0 Å². The highest BCUT2D eigenvalue weighted by atomic mass is 79.9. The van der Waals surface area contributed by atoms with E-state index in [2.05, 4.69) is 20.7 Å². The third kappa shape index (κ3) is 3.49. The Hall–Kier alpha value is -0.690. The molecule has 6 heteroatoms. The lowest BCUT2D eigenvalue weighted by Crippen LogP contribution is -2.36. The second kappa shape index (κ2) is 5.97. The van der Waals surface area contributed by atoms with E-state index in [1.807, 2.05) is 44.2 Å². The van der Waals surface area contributed by atoms with Crippen molar-refractivity contribution in [2.45, 2.75) is 23.5 Å². The smallest absolute Gasteiger partial charge is 0.210 e. The van der Waals surface area contributed by atoms with Gasteiger partial charge in [0.1, 0.15) is 4.21 Å². The van der Waals surface area contributed by atoms with Gasteiger partial charge in [0.25, 0.3) is 10.0 Å². The maximum Gasteiger partial charge on any atom is 0.251 e. The topological polar surface area (TPSA) is 46.2 Å². The monoisotopic (exact) mass is 373 g/mol. The van der Waals surface area contributed by atoms with E-state index >= 15 is 0 Å². The van der Waals surface area contributed by atoms with Crippen molar-refractivity contribution in [2.75, 3.05) is 6.54 Å². The minimum atomic E-state index is -3.47. The molecule has 1 heterocycles. The van der Waals surface area contributed by atoms with Crippen molar-refractivity contribution in [1.82, 2.24) is 4.72 Å². The van der Waals surface area contributed by atoms with Gasteiger partial charge in [0.05, 0.1) is 0 Å². The van der Waals surface area contributed by atoms with Crippen LogP contribution >= 0.6 is 27.3 Å². The number of halogens is 1. The van der Waals surface area contributed by atoms with E-state index in [4.69, 9.17) is 0 Å². The summed E-state index contributed by atoms with van der Waals surface area (Å²) in [6.07, 6.45) is 0. The molecule has 2 rings (SSSR count). The lowest BCUT2D eigenvalue weighted by Gasteiger charge is -2.25. The fraction of sp³-hybridized carbons (Fsp3) is 0.286. The van der Waals surface area contributed by atoms with E-state index in [1.54, 1.807) is 11.4 Å². The van der Waals surface area contributed by atoms with Gasteiger partial charge in [0, 0.05) is 16.4 Å². The molecule has 108 valence electrons. The molecule has 1 aromatic heterocycles. The average Bonchev–Trinajstić information content (AvgIpc) is 2.85. The fourth-order valence-electron chi connectivity index (χ4n) is 1.80. The number of benzene rings is 1. The van der Waals surface area contributed by atoms with Gasteiger partial charge in [-0.25, -0.2) is 13.1 Å². The molecule has 0 aliphatic rings. The van der Waals surface area contributed by atoms with Crippen LogP contribution in [0.15, 0.2) is 50.5 Å². The quantitative estimate of drug-likeness (QED) is 0.866. The molecule has 0 fully saturated rings. The molecule has 0 amide bonds. The van der Waals surface area contributed by atoms with Crippen molar-refractivity contribution in [2.24, 2.45) is 0 Å². The van der Waals surface area contributed by atoms with Crippen LogP contribution in [0.3, 0.4) is 0 Å². The molecule has 0 radical (unpaired) electrons. The normalized spacial score (nSPS) is 12.6. The van der Waals surface area contributed by atoms with Crippen molar-refractivity contribution in [1.29, 1.82) is 0 Å². The molecule has 0 unspecified atom stereocenters. The van der Waals surface area contributed by atoms with Gasteiger partial charge in [-0.1, -0.05) is 44.2 Å². The van der Waals surface area contributed by atoms with Gasteiger partial charge in [0.15, 0.2) is 0 Å². The van der Waals surface area contributed by atoms with Crippen LogP contribution < -0.4 is 4.72 Å². The Labute approximate surface area is 132 Å². The van der Waals surface area contributed by atoms with Crippen molar-refractivity contribution >= 4 is 37.3 Å². The summed E-state index contributed by atoms with van der Waals surface area (Å²) in [5.41, 5.74) is 0.839. The molecule has 0 spiro atoms. The van der Waals surface area contributed by atoms with Gasteiger partial charge >= 0.3 is 0 Å². The summed E-state index contributed by atoms with van der Waals surface area (Å²) >= 11 is 4.46. The third-order valence-electron chi connectivity index (χ3n) is 3.09. The first-order valence-corrected chi connectivity index (χ1v) is 9.27. The number of rotatable bonds is 5. The standard InChI is InChI=1S/C14H16BrNO2S2/c1-14(2,11-6-4-3-5-7-11)10-16-20(17,18)13-12(15)8-9-19-13/h3-9,16H,10H2,1-2H3. The third-order valence-corrected chi connectivity index (χ3v) is 7.16. The number of hydrogen-bond donors (Lipinski definition) is 1. The number of hydrogen-bond acceptors (Lipinski definition) is 3. The van der Waals surface area contributed by atoms with E-state index < -0.39 is 10.0 Å². The molecule has 1 N–H and O–H groups in total. The van der Waals surface area contributed by atoms with Gasteiger partial charge in [0.2, 0.25) is 0 Å². The second-order valence-corrected chi connectivity index (χ2v) is 8.86. The Balaban J connectivity index is 2.15. The van der Waals surface area contributed by atoms with Crippen LogP contribution in [-0.2, 0) is 15.4 Å². The molecular weight excluding hydrogens is 358 g/mol. The predicted octanol–water partition coefficient (Wildman–Crippen LogP) is 3.77. The number of sulfonamides is 1. The summed E-state index contributed by atoms with van der Waals surface area (Å²) in [5.74, 6) is 0. The van der Waals surface area contributed by atoms with E-state index in [0.717, 1.165) is 5.56 Å². The SMILES string of the molecule is CC(C)(CNS(=O)(=O)c1sccc1Br)c1ccccc1. The molecule has 0 aliphatic heterocycles. The Morgan fingerprint density at radius 1 is 1.20 bits per heavy atom. The molecule has 20 heavy (non-hydrogen) atoms. The fourth-order valence-corrected chi connectivity index (χ4v) is 5.40. The zero-order valence-corrected chi connectivity index (χ0v) is 14.5. The Bertz CT molecular complexity index is 678. The number of thiophene rings is 1. The van der Waals surface area contributed by atoms with E-state index in [0.29, 0.717) is 15.2 Å². The van der Waals surface area contributed by atoms with Crippen LogP contribution in [0.5, 0.6) is 0 Å². The van der Waals surface area contributed by atoms with Gasteiger partial charge in [-0.05, 0) is 32.9 Å². The first-order chi connectivity index (χ1) is 9.33. The van der Waals surface area contributed by atoms with Crippen LogP contribution in [0, 0.1) is 0 Å². The van der Waals surface area contributed by atoms with E-state index in [1.165, 1.54) is 11.3 Å².